The highest BCUT2D eigenvalue weighted by Crippen LogP contribution is 2.57. The summed E-state index contributed by atoms with van der Waals surface area (Å²) in [6.07, 6.45) is 0. The van der Waals surface area contributed by atoms with E-state index in [4.69, 9.17) is 0 Å². The minimum Gasteiger partial charge on any atom is -0.310 e. The molecule has 0 unspecified atom stereocenters. The second kappa shape index (κ2) is 16.0. The topological polar surface area (TPSA) is 8.17 Å². The third-order valence-electron chi connectivity index (χ3n) is 17.5. The molecule has 1 aromatic heterocycles. The van der Waals surface area contributed by atoms with Crippen molar-refractivity contribution in [3.05, 3.63) is 299 Å². The van der Waals surface area contributed by atoms with Gasteiger partial charge < -0.3 is 9.47 Å². The first-order valence-electron chi connectivity index (χ1n) is 26.5. The van der Waals surface area contributed by atoms with Crippen LogP contribution in [0.2, 0.25) is 0 Å². The van der Waals surface area contributed by atoms with Crippen molar-refractivity contribution in [1.82, 2.24) is 4.57 Å². The molecule has 15 rings (SSSR count). The molecular formula is C73H54N2. The number of rotatable bonds is 7. The number of hydrogen-bond acceptors (Lipinski definition) is 1. The lowest BCUT2D eigenvalue weighted by molar-refractivity contribution is 0.660. The normalized spacial score (nSPS) is 14.7. The van der Waals surface area contributed by atoms with Crippen molar-refractivity contribution in [2.45, 2.75) is 43.9 Å². The van der Waals surface area contributed by atoms with Crippen LogP contribution in [-0.4, -0.2) is 4.57 Å². The largest absolute Gasteiger partial charge is 0.310 e. The lowest BCUT2D eigenvalue weighted by atomic mass is 9.67. The van der Waals surface area contributed by atoms with Crippen LogP contribution in [-0.2, 0) is 16.2 Å². The van der Waals surface area contributed by atoms with E-state index in [1.54, 1.807) is 0 Å². The van der Waals surface area contributed by atoms with E-state index in [9.17, 15) is 0 Å². The molecule has 3 aliphatic carbocycles. The highest BCUT2D eigenvalue weighted by Gasteiger charge is 2.46. The minimum absolute atomic E-state index is 0.127. The summed E-state index contributed by atoms with van der Waals surface area (Å²) in [5.74, 6) is 0. The summed E-state index contributed by atoms with van der Waals surface area (Å²) in [6, 6.07) is 95.7. The van der Waals surface area contributed by atoms with Crippen LogP contribution in [0.4, 0.5) is 17.1 Å². The van der Waals surface area contributed by atoms with Crippen LogP contribution in [0.1, 0.15) is 72.2 Å². The Kier molecular flexibility index (Phi) is 9.30. The molecule has 0 amide bonds. The summed E-state index contributed by atoms with van der Waals surface area (Å²) in [5.41, 5.74) is 27.1. The Morgan fingerprint density at radius 1 is 0.293 bits per heavy atom. The van der Waals surface area contributed by atoms with E-state index in [-0.39, 0.29) is 10.8 Å². The molecule has 0 saturated carbocycles. The molecule has 0 bridgehead atoms. The quantitative estimate of drug-likeness (QED) is 0.155. The number of nitrogens with zero attached hydrogens (tertiary/aromatic N) is 2. The maximum Gasteiger partial charge on any atom is 0.0714 e. The van der Waals surface area contributed by atoms with Gasteiger partial charge in [-0.3, -0.25) is 0 Å². The van der Waals surface area contributed by atoms with Crippen molar-refractivity contribution in [2.75, 3.05) is 4.90 Å². The van der Waals surface area contributed by atoms with Gasteiger partial charge in [0.25, 0.3) is 0 Å². The fourth-order valence-electron chi connectivity index (χ4n) is 13.9. The number of fused-ring (bicyclic) bond motifs is 12. The van der Waals surface area contributed by atoms with Gasteiger partial charge in [-0.1, -0.05) is 222 Å². The van der Waals surface area contributed by atoms with Crippen molar-refractivity contribution < 1.29 is 0 Å². The van der Waals surface area contributed by atoms with Crippen molar-refractivity contribution in [3.63, 3.8) is 0 Å². The zero-order valence-corrected chi connectivity index (χ0v) is 42.6. The summed E-state index contributed by atoms with van der Waals surface area (Å²) in [7, 11) is 0. The highest BCUT2D eigenvalue weighted by atomic mass is 15.1. The maximum absolute atomic E-state index is 2.50. The molecule has 2 nitrogen and oxygen atoms in total. The van der Waals surface area contributed by atoms with E-state index in [1.807, 2.05) is 0 Å². The van der Waals surface area contributed by atoms with E-state index in [0.29, 0.717) is 0 Å². The first-order chi connectivity index (χ1) is 36.7. The van der Waals surface area contributed by atoms with E-state index in [0.717, 1.165) is 22.7 Å². The average Bonchev–Trinajstić information content (AvgIpc) is 4.12. The molecule has 0 radical (unpaired) electrons. The molecule has 0 N–H and O–H groups in total. The molecule has 0 spiro atoms. The molecule has 11 aromatic carbocycles. The zero-order chi connectivity index (χ0) is 50.2. The molecule has 0 atom stereocenters. The number of hydrogen-bond donors (Lipinski definition) is 0. The Hall–Kier alpha value is -8.98. The van der Waals surface area contributed by atoms with Gasteiger partial charge in [-0.05, 0) is 150 Å². The number of benzene rings is 11. The van der Waals surface area contributed by atoms with Gasteiger partial charge >= 0.3 is 0 Å². The van der Waals surface area contributed by atoms with Crippen molar-refractivity contribution in [2.24, 2.45) is 0 Å². The molecule has 75 heavy (non-hydrogen) atoms. The van der Waals surface area contributed by atoms with Gasteiger partial charge in [0.2, 0.25) is 0 Å². The Bertz CT molecular complexity index is 4140. The molecule has 2 heteroatoms. The lowest BCUT2D eigenvalue weighted by Gasteiger charge is -2.34. The second-order valence-corrected chi connectivity index (χ2v) is 22.0. The van der Waals surface area contributed by atoms with Crippen LogP contribution in [0.25, 0.3) is 72.0 Å². The summed E-state index contributed by atoms with van der Waals surface area (Å²) >= 11 is 0. The van der Waals surface area contributed by atoms with E-state index >= 15 is 0 Å². The van der Waals surface area contributed by atoms with Gasteiger partial charge in [0.15, 0.2) is 0 Å². The predicted octanol–water partition coefficient (Wildman–Crippen LogP) is 18.9. The third kappa shape index (κ3) is 6.14. The number of aromatic nitrogens is 1. The van der Waals surface area contributed by atoms with Gasteiger partial charge in [-0.15, -0.1) is 0 Å². The van der Waals surface area contributed by atoms with Gasteiger partial charge in [-0.25, -0.2) is 0 Å². The fraction of sp³-hybridized carbons (Fsp3) is 0.0959. The first kappa shape index (κ1) is 43.6. The van der Waals surface area contributed by atoms with Crippen LogP contribution >= 0.6 is 0 Å². The molecule has 356 valence electrons. The van der Waals surface area contributed by atoms with Gasteiger partial charge in [-0.2, -0.15) is 0 Å². The van der Waals surface area contributed by atoms with Crippen LogP contribution in [0.15, 0.2) is 255 Å². The predicted molar refractivity (Wildman–Crippen MR) is 313 cm³/mol. The monoisotopic (exact) mass is 958 g/mol. The third-order valence-corrected chi connectivity index (χ3v) is 17.5. The van der Waals surface area contributed by atoms with Crippen molar-refractivity contribution in [3.8, 4) is 50.2 Å². The summed E-state index contributed by atoms with van der Waals surface area (Å²) in [6.45, 7) is 9.49. The van der Waals surface area contributed by atoms with Crippen LogP contribution in [0.3, 0.4) is 0 Å². The van der Waals surface area contributed by atoms with Crippen LogP contribution < -0.4 is 4.90 Å². The minimum atomic E-state index is -0.494. The van der Waals surface area contributed by atoms with E-state index in [2.05, 4.69) is 292 Å². The smallest absolute Gasteiger partial charge is 0.0714 e. The lowest BCUT2D eigenvalue weighted by Crippen LogP contribution is -2.28. The van der Waals surface area contributed by atoms with E-state index in [1.165, 1.54) is 111 Å². The van der Waals surface area contributed by atoms with Crippen LogP contribution in [0, 0.1) is 0 Å². The molecular weight excluding hydrogens is 905 g/mol. The molecule has 1 heterocycles. The van der Waals surface area contributed by atoms with E-state index < -0.39 is 5.41 Å². The standard InChI is InChI=1S/C73H54N2/c1-71(2)63-27-15-11-23-55(63)58-40-36-52(44-66(58)71)74(53-37-41-59-56-24-12-16-28-64(56)72(3,4)67(59)45-53)51-34-31-47(32-35-51)48-33-39-62-61-26-14-18-30-69(61)75(70(62)43-48)54-38-42-60-57-25-13-17-29-65(57)73(68(60)46-54,49-19-7-5-8-20-49)50-21-9-6-10-22-50/h5-46H,1-4H3. The van der Waals surface area contributed by atoms with Gasteiger partial charge in [0, 0.05) is 44.4 Å². The molecule has 3 aliphatic rings. The molecule has 0 saturated heterocycles. The zero-order valence-electron chi connectivity index (χ0n) is 42.6. The van der Waals surface area contributed by atoms with Crippen molar-refractivity contribution in [1.29, 1.82) is 0 Å². The maximum atomic E-state index is 2.50. The van der Waals surface area contributed by atoms with Gasteiger partial charge in [0.1, 0.15) is 0 Å². The highest BCUT2D eigenvalue weighted by molar-refractivity contribution is 6.10. The Balaban J connectivity index is 0.873. The molecule has 0 aliphatic heterocycles. The summed E-state index contributed by atoms with van der Waals surface area (Å²) in [5, 5.41) is 2.48. The van der Waals surface area contributed by atoms with Crippen LogP contribution in [0.5, 0.6) is 0 Å². The second-order valence-electron chi connectivity index (χ2n) is 22.0. The average molecular weight is 959 g/mol. The first-order valence-corrected chi connectivity index (χ1v) is 26.5. The van der Waals surface area contributed by atoms with Gasteiger partial charge in [0.05, 0.1) is 16.4 Å². The summed E-state index contributed by atoms with van der Waals surface area (Å²) in [4.78, 5) is 2.47. The Labute approximate surface area is 439 Å². The fourth-order valence-corrected chi connectivity index (χ4v) is 13.9. The SMILES string of the molecule is CC1(C)c2ccccc2-c2ccc(N(c3ccc(-c4ccc5c6ccccc6n(-c6ccc7c(c6)C(c6ccccc6)(c6ccccc6)c6ccccc6-7)c5c4)cc3)c3ccc4c(c3)C(C)(C)c3ccccc3-4)cc21. The molecule has 12 aromatic rings. The number of para-hydroxylation sites is 1. The number of anilines is 3. The molecule has 0 fully saturated rings. The Morgan fingerprint density at radius 3 is 1.33 bits per heavy atom. The van der Waals surface area contributed by atoms with Crippen molar-refractivity contribution >= 4 is 38.9 Å². The summed E-state index contributed by atoms with van der Waals surface area (Å²) < 4.78 is 2.50. The Morgan fingerprint density at radius 2 is 0.733 bits per heavy atom.